The smallest absolute Gasteiger partial charge is 0.410 e. The van der Waals surface area contributed by atoms with Crippen LogP contribution in [0.4, 0.5) is 9.59 Å². The van der Waals surface area contributed by atoms with Crippen LogP contribution in [0.25, 0.3) is 0 Å². The van der Waals surface area contributed by atoms with Crippen molar-refractivity contribution in [3.8, 4) is 0 Å². The van der Waals surface area contributed by atoms with Gasteiger partial charge in [0.2, 0.25) is 0 Å². The van der Waals surface area contributed by atoms with E-state index < -0.39 is 0 Å². The van der Waals surface area contributed by atoms with E-state index in [0.29, 0.717) is 18.1 Å². The highest BCUT2D eigenvalue weighted by Crippen LogP contribution is 2.52. The molecule has 7 heteroatoms. The molecule has 3 heterocycles. The first-order valence-electron chi connectivity index (χ1n) is 11.4. The quantitative estimate of drug-likeness (QED) is 0.714. The van der Waals surface area contributed by atoms with E-state index in [1.807, 2.05) is 16.7 Å². The number of rotatable bonds is 4. The maximum absolute atomic E-state index is 12.5. The van der Waals surface area contributed by atoms with Crippen LogP contribution < -0.4 is 0 Å². The van der Waals surface area contributed by atoms with E-state index in [2.05, 4.69) is 25.7 Å². The van der Waals surface area contributed by atoms with Crippen LogP contribution in [0, 0.1) is 5.41 Å². The Hall–Kier alpha value is -1.50. The molecule has 0 bridgehead atoms. The standard InChI is InChI=1S/C22H37N3O4/c1-5-10-25-19(27)29-22(20(25,3)4)8-12-23(13-9-22)17-14-21(15-17)7-11-24(16-21)18(26)28-6-2/h17H,5-16H2,1-4H3. The first-order valence-corrected chi connectivity index (χ1v) is 11.4. The van der Waals surface area contributed by atoms with Crippen LogP contribution in [-0.4, -0.2) is 83.4 Å². The molecule has 0 aromatic carbocycles. The van der Waals surface area contributed by atoms with Gasteiger partial charge in [-0.3, -0.25) is 4.90 Å². The van der Waals surface area contributed by atoms with Crippen molar-refractivity contribution in [2.45, 2.75) is 83.4 Å². The maximum Gasteiger partial charge on any atom is 0.410 e. The Bertz CT molecular complexity index is 650. The lowest BCUT2D eigenvalue weighted by molar-refractivity contribution is -0.0803. The summed E-state index contributed by atoms with van der Waals surface area (Å²) in [5.41, 5.74) is -0.312. The molecule has 29 heavy (non-hydrogen) atoms. The fourth-order valence-corrected chi connectivity index (χ4v) is 6.22. The van der Waals surface area contributed by atoms with Gasteiger partial charge in [-0.05, 0) is 51.9 Å². The van der Waals surface area contributed by atoms with Gasteiger partial charge in [-0.25, -0.2) is 9.59 Å². The average Bonchev–Trinajstić information content (AvgIpc) is 3.17. The molecule has 3 aliphatic heterocycles. The Morgan fingerprint density at radius 1 is 1.14 bits per heavy atom. The number of carbonyl (C=O) groups excluding carboxylic acids is 2. The Morgan fingerprint density at radius 3 is 2.45 bits per heavy atom. The number of hydrogen-bond acceptors (Lipinski definition) is 5. The molecular formula is C22H37N3O4. The van der Waals surface area contributed by atoms with Gasteiger partial charge in [0.05, 0.1) is 12.1 Å². The van der Waals surface area contributed by atoms with Crippen LogP contribution in [0.15, 0.2) is 0 Å². The summed E-state index contributed by atoms with van der Waals surface area (Å²) in [5, 5.41) is 0. The minimum atomic E-state index is -0.356. The number of hydrogen-bond donors (Lipinski definition) is 0. The van der Waals surface area contributed by atoms with Crippen molar-refractivity contribution in [3.05, 3.63) is 0 Å². The number of amides is 2. The number of piperidine rings is 1. The molecule has 4 rings (SSSR count). The average molecular weight is 408 g/mol. The monoisotopic (exact) mass is 407 g/mol. The van der Waals surface area contributed by atoms with E-state index in [1.165, 1.54) is 12.8 Å². The summed E-state index contributed by atoms with van der Waals surface area (Å²) in [5.74, 6) is 0. The molecular weight excluding hydrogens is 370 g/mol. The molecule has 3 saturated heterocycles. The molecule has 0 unspecified atom stereocenters. The second kappa shape index (κ2) is 7.33. The summed E-state index contributed by atoms with van der Waals surface area (Å²) < 4.78 is 11.2. The Balaban J connectivity index is 1.31. The molecule has 0 N–H and O–H groups in total. The van der Waals surface area contributed by atoms with E-state index in [4.69, 9.17) is 9.47 Å². The molecule has 0 aromatic heterocycles. The number of ether oxygens (including phenoxy) is 2. The number of likely N-dealkylation sites (tertiary alicyclic amines) is 2. The number of nitrogens with zero attached hydrogens (tertiary/aromatic N) is 3. The Morgan fingerprint density at radius 2 is 1.83 bits per heavy atom. The van der Waals surface area contributed by atoms with Gasteiger partial charge in [0.25, 0.3) is 0 Å². The van der Waals surface area contributed by atoms with Crippen LogP contribution in [0.1, 0.15) is 66.2 Å². The SMILES string of the molecule is CCCN1C(=O)OC2(CCN(C3CC4(CCN(C(=O)OCC)C4)C3)CC2)C1(C)C. The lowest BCUT2D eigenvalue weighted by Crippen LogP contribution is -2.62. The highest BCUT2D eigenvalue weighted by atomic mass is 16.6. The molecule has 0 atom stereocenters. The largest absolute Gasteiger partial charge is 0.450 e. The van der Waals surface area contributed by atoms with Crippen molar-refractivity contribution in [3.63, 3.8) is 0 Å². The van der Waals surface area contributed by atoms with Crippen molar-refractivity contribution in [1.29, 1.82) is 0 Å². The summed E-state index contributed by atoms with van der Waals surface area (Å²) in [6, 6.07) is 0.599. The van der Waals surface area contributed by atoms with Crippen LogP contribution in [0.5, 0.6) is 0 Å². The predicted molar refractivity (Wildman–Crippen MR) is 110 cm³/mol. The molecule has 1 aliphatic carbocycles. The minimum absolute atomic E-state index is 0.141. The van der Waals surface area contributed by atoms with E-state index in [0.717, 1.165) is 58.4 Å². The summed E-state index contributed by atoms with van der Waals surface area (Å²) in [4.78, 5) is 30.9. The summed E-state index contributed by atoms with van der Waals surface area (Å²) in [6.07, 6.45) is 5.90. The van der Waals surface area contributed by atoms with Gasteiger partial charge in [-0.15, -0.1) is 0 Å². The van der Waals surface area contributed by atoms with Crippen molar-refractivity contribution in [1.82, 2.24) is 14.7 Å². The number of carbonyl (C=O) groups is 2. The van der Waals surface area contributed by atoms with Crippen molar-refractivity contribution in [2.75, 3.05) is 39.3 Å². The van der Waals surface area contributed by atoms with E-state index >= 15 is 0 Å². The molecule has 0 radical (unpaired) electrons. The Kier molecular flexibility index (Phi) is 5.24. The van der Waals surface area contributed by atoms with Crippen LogP contribution >= 0.6 is 0 Å². The first-order chi connectivity index (χ1) is 13.8. The summed E-state index contributed by atoms with van der Waals surface area (Å²) in [6.45, 7) is 13.2. The van der Waals surface area contributed by atoms with Crippen molar-refractivity contribution < 1.29 is 19.1 Å². The van der Waals surface area contributed by atoms with Crippen LogP contribution in [0.3, 0.4) is 0 Å². The van der Waals surface area contributed by atoms with Gasteiger partial charge in [0.1, 0.15) is 5.60 Å². The van der Waals surface area contributed by atoms with E-state index in [9.17, 15) is 9.59 Å². The zero-order valence-corrected chi connectivity index (χ0v) is 18.5. The van der Waals surface area contributed by atoms with Crippen LogP contribution in [-0.2, 0) is 9.47 Å². The second-order valence-corrected chi connectivity index (χ2v) is 10.0. The van der Waals surface area contributed by atoms with Gasteiger partial charge >= 0.3 is 12.2 Å². The highest BCUT2D eigenvalue weighted by molar-refractivity contribution is 5.72. The molecule has 164 valence electrons. The molecule has 1 saturated carbocycles. The third-order valence-corrected chi connectivity index (χ3v) is 8.16. The van der Waals surface area contributed by atoms with Gasteiger partial charge in [0.15, 0.2) is 0 Å². The molecule has 2 amide bonds. The topological polar surface area (TPSA) is 62.3 Å². The lowest BCUT2D eigenvalue weighted by Gasteiger charge is -2.54. The zero-order valence-electron chi connectivity index (χ0n) is 18.5. The van der Waals surface area contributed by atoms with Gasteiger partial charge in [-0.1, -0.05) is 6.92 Å². The highest BCUT2D eigenvalue weighted by Gasteiger charge is 2.61. The molecule has 7 nitrogen and oxygen atoms in total. The van der Waals surface area contributed by atoms with E-state index in [-0.39, 0.29) is 23.3 Å². The van der Waals surface area contributed by atoms with Crippen molar-refractivity contribution >= 4 is 12.2 Å². The summed E-state index contributed by atoms with van der Waals surface area (Å²) in [7, 11) is 0. The molecule has 2 spiro atoms. The molecule has 0 aromatic rings. The third kappa shape index (κ3) is 3.29. The minimum Gasteiger partial charge on any atom is -0.450 e. The lowest BCUT2D eigenvalue weighted by atomic mass is 9.63. The normalized spacial score (nSPS) is 33.2. The fourth-order valence-electron chi connectivity index (χ4n) is 6.22. The second-order valence-electron chi connectivity index (χ2n) is 10.0. The van der Waals surface area contributed by atoms with Crippen molar-refractivity contribution in [2.24, 2.45) is 5.41 Å². The maximum atomic E-state index is 12.5. The van der Waals surface area contributed by atoms with E-state index in [1.54, 1.807) is 0 Å². The van der Waals surface area contributed by atoms with Gasteiger partial charge < -0.3 is 19.3 Å². The summed E-state index contributed by atoms with van der Waals surface area (Å²) >= 11 is 0. The Labute approximate surface area is 174 Å². The molecule has 4 fully saturated rings. The van der Waals surface area contributed by atoms with Crippen LogP contribution in [0.2, 0.25) is 0 Å². The molecule has 4 aliphatic rings. The zero-order chi connectivity index (χ0) is 20.9. The first kappa shape index (κ1) is 20.8. The predicted octanol–water partition coefficient (Wildman–Crippen LogP) is 3.47. The van der Waals surface area contributed by atoms with Gasteiger partial charge in [0, 0.05) is 51.6 Å². The fraction of sp³-hybridized carbons (Fsp3) is 0.909. The van der Waals surface area contributed by atoms with Gasteiger partial charge in [-0.2, -0.15) is 0 Å². The third-order valence-electron chi connectivity index (χ3n) is 8.16.